The van der Waals surface area contributed by atoms with Crippen LogP contribution in [0.25, 0.3) is 0 Å². The molecule has 1 amide bonds. The van der Waals surface area contributed by atoms with Crippen molar-refractivity contribution in [3.8, 4) is 0 Å². The summed E-state index contributed by atoms with van der Waals surface area (Å²) in [4.78, 5) is 14.7. The van der Waals surface area contributed by atoms with E-state index < -0.39 is 0 Å². The molecular weight excluding hydrogens is 310 g/mol. The highest BCUT2D eigenvalue weighted by Crippen LogP contribution is 2.25. The summed E-state index contributed by atoms with van der Waals surface area (Å²) in [5, 5.41) is 3.28. The largest absolute Gasteiger partial charge is 0.399 e. The summed E-state index contributed by atoms with van der Waals surface area (Å²) in [6.07, 6.45) is 0. The molecule has 2 rings (SSSR count). The Morgan fingerprint density at radius 1 is 1.17 bits per heavy atom. The number of hydrogen-bond donors (Lipinski definition) is 2. The minimum absolute atomic E-state index is 0.263. The van der Waals surface area contributed by atoms with Crippen molar-refractivity contribution in [2.24, 2.45) is 0 Å². The van der Waals surface area contributed by atoms with Crippen LogP contribution in [0.1, 0.15) is 29.8 Å². The third-order valence-electron chi connectivity index (χ3n) is 3.82. The highest BCUT2D eigenvalue weighted by Gasteiger charge is 2.13. The Morgan fingerprint density at radius 3 is 2.48 bits per heavy atom. The molecule has 2 aromatic rings. The van der Waals surface area contributed by atoms with Gasteiger partial charge in [0.15, 0.2) is 0 Å². The van der Waals surface area contributed by atoms with Crippen molar-refractivity contribution in [2.45, 2.75) is 20.8 Å². The number of hydrogen-bond acceptors (Lipinski definition) is 3. The SMILES string of the molecule is CCN(CC)c1ccc(NC(=O)c2cc(N)ccc2Cl)c(C)c1. The molecule has 122 valence electrons. The standard InChI is InChI=1S/C18H22ClN3O/c1-4-22(5-2)14-7-9-17(12(3)10-14)21-18(23)15-11-13(20)6-8-16(15)19/h6-11H,4-5,20H2,1-3H3,(H,21,23). The van der Waals surface area contributed by atoms with Crippen molar-refractivity contribution in [2.75, 3.05) is 29.0 Å². The number of amides is 1. The predicted molar refractivity (Wildman–Crippen MR) is 98.6 cm³/mol. The van der Waals surface area contributed by atoms with Gasteiger partial charge in [-0.15, -0.1) is 0 Å². The highest BCUT2D eigenvalue weighted by atomic mass is 35.5. The fourth-order valence-corrected chi connectivity index (χ4v) is 2.68. The van der Waals surface area contributed by atoms with Gasteiger partial charge in [-0.2, -0.15) is 0 Å². The molecule has 2 aromatic carbocycles. The first-order valence-corrected chi connectivity index (χ1v) is 8.06. The fraction of sp³-hybridized carbons (Fsp3) is 0.278. The third-order valence-corrected chi connectivity index (χ3v) is 4.15. The molecule has 0 aromatic heterocycles. The molecule has 0 aliphatic rings. The lowest BCUT2D eigenvalue weighted by atomic mass is 10.1. The second-order valence-corrected chi connectivity index (χ2v) is 5.77. The first-order chi connectivity index (χ1) is 11.0. The zero-order valence-corrected chi connectivity index (χ0v) is 14.4. The van der Waals surface area contributed by atoms with Gasteiger partial charge in [-0.05, 0) is 62.7 Å². The van der Waals surface area contributed by atoms with Gasteiger partial charge in [-0.3, -0.25) is 4.79 Å². The van der Waals surface area contributed by atoms with E-state index in [0.29, 0.717) is 16.3 Å². The summed E-state index contributed by atoms with van der Waals surface area (Å²) in [5.74, 6) is -0.263. The van der Waals surface area contributed by atoms with Gasteiger partial charge in [0.1, 0.15) is 0 Å². The average molecular weight is 332 g/mol. The average Bonchev–Trinajstić information content (AvgIpc) is 2.53. The molecule has 4 nitrogen and oxygen atoms in total. The number of halogens is 1. The Morgan fingerprint density at radius 2 is 1.87 bits per heavy atom. The molecule has 0 radical (unpaired) electrons. The second-order valence-electron chi connectivity index (χ2n) is 5.36. The maximum atomic E-state index is 12.4. The van der Waals surface area contributed by atoms with E-state index in [4.69, 9.17) is 17.3 Å². The van der Waals surface area contributed by atoms with Gasteiger partial charge >= 0.3 is 0 Å². The number of nitrogens with one attached hydrogen (secondary N) is 1. The number of carbonyl (C=O) groups excluding carboxylic acids is 1. The second kappa shape index (κ2) is 7.38. The molecule has 0 aliphatic heterocycles. The van der Waals surface area contributed by atoms with Crippen molar-refractivity contribution in [3.63, 3.8) is 0 Å². The molecule has 5 heteroatoms. The summed E-state index contributed by atoms with van der Waals surface area (Å²) in [5.41, 5.74) is 9.53. The quantitative estimate of drug-likeness (QED) is 0.802. The Balaban J connectivity index is 2.23. The van der Waals surface area contributed by atoms with E-state index in [-0.39, 0.29) is 5.91 Å². The van der Waals surface area contributed by atoms with E-state index in [1.54, 1.807) is 18.2 Å². The van der Waals surface area contributed by atoms with Crippen LogP contribution in [0.4, 0.5) is 17.1 Å². The molecular formula is C18H22ClN3O. The van der Waals surface area contributed by atoms with E-state index in [1.165, 1.54) is 0 Å². The van der Waals surface area contributed by atoms with Gasteiger partial charge in [-0.1, -0.05) is 11.6 Å². The Bertz CT molecular complexity index is 711. The number of aryl methyl sites for hydroxylation is 1. The van der Waals surface area contributed by atoms with Crippen LogP contribution in [-0.4, -0.2) is 19.0 Å². The topological polar surface area (TPSA) is 58.4 Å². The Hall–Kier alpha value is -2.20. The molecule has 23 heavy (non-hydrogen) atoms. The fourth-order valence-electron chi connectivity index (χ4n) is 2.48. The van der Waals surface area contributed by atoms with E-state index in [9.17, 15) is 4.79 Å². The van der Waals surface area contributed by atoms with Crippen LogP contribution in [-0.2, 0) is 0 Å². The Labute approximate surface area is 142 Å². The molecule has 0 aliphatic carbocycles. The normalized spacial score (nSPS) is 10.4. The molecule has 0 fully saturated rings. The first-order valence-electron chi connectivity index (χ1n) is 7.68. The Kier molecular flexibility index (Phi) is 5.50. The van der Waals surface area contributed by atoms with Gasteiger partial charge in [-0.25, -0.2) is 0 Å². The molecule has 0 saturated heterocycles. The zero-order chi connectivity index (χ0) is 17.0. The number of nitrogens with zero attached hydrogens (tertiary/aromatic N) is 1. The lowest BCUT2D eigenvalue weighted by Crippen LogP contribution is -2.22. The van der Waals surface area contributed by atoms with Gasteiger partial charge in [0, 0.05) is 30.2 Å². The smallest absolute Gasteiger partial charge is 0.257 e. The highest BCUT2D eigenvalue weighted by molar-refractivity contribution is 6.34. The monoisotopic (exact) mass is 331 g/mol. The number of carbonyl (C=O) groups is 1. The van der Waals surface area contributed by atoms with Crippen LogP contribution in [0.5, 0.6) is 0 Å². The van der Waals surface area contributed by atoms with E-state index in [2.05, 4.69) is 30.1 Å². The summed E-state index contributed by atoms with van der Waals surface area (Å²) in [6, 6.07) is 10.9. The van der Waals surface area contributed by atoms with Crippen molar-refractivity contribution >= 4 is 34.6 Å². The zero-order valence-electron chi connectivity index (χ0n) is 13.7. The summed E-state index contributed by atoms with van der Waals surface area (Å²) < 4.78 is 0. The summed E-state index contributed by atoms with van der Waals surface area (Å²) >= 11 is 6.08. The maximum Gasteiger partial charge on any atom is 0.257 e. The minimum Gasteiger partial charge on any atom is -0.399 e. The third kappa shape index (κ3) is 3.96. The van der Waals surface area contributed by atoms with Crippen LogP contribution in [0, 0.1) is 6.92 Å². The van der Waals surface area contributed by atoms with E-state index in [1.807, 2.05) is 19.1 Å². The van der Waals surface area contributed by atoms with Crippen molar-refractivity contribution < 1.29 is 4.79 Å². The number of benzene rings is 2. The summed E-state index contributed by atoms with van der Waals surface area (Å²) in [6.45, 7) is 8.11. The lowest BCUT2D eigenvalue weighted by molar-refractivity contribution is 0.102. The van der Waals surface area contributed by atoms with Crippen LogP contribution in [0.3, 0.4) is 0 Å². The molecule has 0 heterocycles. The van der Waals surface area contributed by atoms with Gasteiger partial charge in [0.05, 0.1) is 10.6 Å². The van der Waals surface area contributed by atoms with Crippen LogP contribution >= 0.6 is 11.6 Å². The lowest BCUT2D eigenvalue weighted by Gasteiger charge is -2.22. The van der Waals surface area contributed by atoms with Gasteiger partial charge in [0.2, 0.25) is 0 Å². The molecule has 0 saturated carbocycles. The number of anilines is 3. The van der Waals surface area contributed by atoms with Crippen LogP contribution < -0.4 is 16.0 Å². The number of nitrogen functional groups attached to an aromatic ring is 1. The molecule has 3 N–H and O–H groups in total. The first kappa shape index (κ1) is 17.2. The number of rotatable bonds is 5. The van der Waals surface area contributed by atoms with E-state index >= 15 is 0 Å². The van der Waals surface area contributed by atoms with Crippen molar-refractivity contribution in [1.29, 1.82) is 0 Å². The molecule has 0 spiro atoms. The van der Waals surface area contributed by atoms with Crippen molar-refractivity contribution in [1.82, 2.24) is 0 Å². The summed E-state index contributed by atoms with van der Waals surface area (Å²) in [7, 11) is 0. The van der Waals surface area contributed by atoms with Crippen LogP contribution in [0.15, 0.2) is 36.4 Å². The number of nitrogens with two attached hydrogens (primary N) is 1. The molecule has 0 bridgehead atoms. The minimum atomic E-state index is -0.263. The maximum absolute atomic E-state index is 12.4. The predicted octanol–water partition coefficient (Wildman–Crippen LogP) is 4.33. The van der Waals surface area contributed by atoms with Crippen LogP contribution in [0.2, 0.25) is 5.02 Å². The van der Waals surface area contributed by atoms with Crippen molar-refractivity contribution in [3.05, 3.63) is 52.5 Å². The molecule has 0 unspecified atom stereocenters. The van der Waals surface area contributed by atoms with Gasteiger partial charge in [0.25, 0.3) is 5.91 Å². The van der Waals surface area contributed by atoms with Gasteiger partial charge < -0.3 is 16.0 Å². The van der Waals surface area contributed by atoms with E-state index in [0.717, 1.165) is 30.0 Å². The molecule has 0 atom stereocenters.